The molecule has 4 rings (SSSR count). The van der Waals surface area contributed by atoms with Gasteiger partial charge in [0.2, 0.25) is 0 Å². The van der Waals surface area contributed by atoms with Crippen molar-refractivity contribution >= 4 is 11.0 Å². The van der Waals surface area contributed by atoms with Gasteiger partial charge in [0.05, 0.1) is 5.69 Å². The topological polar surface area (TPSA) is 61.5 Å². The Morgan fingerprint density at radius 3 is 2.76 bits per heavy atom. The van der Waals surface area contributed by atoms with Gasteiger partial charge < -0.3 is 4.98 Å². The largest absolute Gasteiger partial charge is 0.305 e. The highest BCUT2D eigenvalue weighted by molar-refractivity contribution is 5.94. The van der Waals surface area contributed by atoms with Crippen LogP contribution in [0.3, 0.4) is 0 Å². The molecule has 1 aliphatic carbocycles. The predicted molar refractivity (Wildman–Crippen MR) is 83.5 cm³/mol. The molecule has 0 spiro atoms. The maximum absolute atomic E-state index is 12.2. The molecule has 21 heavy (non-hydrogen) atoms. The van der Waals surface area contributed by atoms with Crippen LogP contribution in [0.5, 0.6) is 0 Å². The number of aromatic nitrogens is 3. The normalized spacial score (nSPS) is 14.3. The lowest BCUT2D eigenvalue weighted by Crippen LogP contribution is -2.19. The molecule has 2 heterocycles. The van der Waals surface area contributed by atoms with Crippen LogP contribution in [-0.2, 0) is 12.8 Å². The number of nitrogens with zero attached hydrogens (tertiary/aromatic N) is 1. The molecule has 3 aromatic rings. The number of pyridine rings is 1. The van der Waals surface area contributed by atoms with Crippen molar-refractivity contribution in [2.24, 2.45) is 0 Å². The van der Waals surface area contributed by atoms with Gasteiger partial charge in [0, 0.05) is 16.5 Å². The van der Waals surface area contributed by atoms with Gasteiger partial charge in [-0.3, -0.25) is 9.89 Å². The lowest BCUT2D eigenvalue weighted by molar-refractivity contribution is 0.682. The maximum Gasteiger partial charge on any atom is 0.253 e. The van der Waals surface area contributed by atoms with Crippen molar-refractivity contribution in [1.82, 2.24) is 15.2 Å². The van der Waals surface area contributed by atoms with E-state index in [1.54, 1.807) is 0 Å². The molecule has 4 heteroatoms. The number of rotatable bonds is 1. The van der Waals surface area contributed by atoms with Crippen LogP contribution < -0.4 is 5.56 Å². The minimum atomic E-state index is 0.0273. The number of aromatic amines is 2. The van der Waals surface area contributed by atoms with Gasteiger partial charge in [-0.25, -0.2) is 0 Å². The van der Waals surface area contributed by atoms with Crippen LogP contribution in [-0.4, -0.2) is 15.2 Å². The van der Waals surface area contributed by atoms with E-state index in [0.29, 0.717) is 5.65 Å². The van der Waals surface area contributed by atoms with Crippen LogP contribution >= 0.6 is 0 Å². The Kier molecular flexibility index (Phi) is 2.70. The van der Waals surface area contributed by atoms with E-state index in [1.165, 1.54) is 11.1 Å². The van der Waals surface area contributed by atoms with E-state index in [9.17, 15) is 4.79 Å². The first-order valence-electron chi connectivity index (χ1n) is 7.43. The van der Waals surface area contributed by atoms with Crippen LogP contribution in [0.2, 0.25) is 0 Å². The quantitative estimate of drug-likeness (QED) is 0.719. The Bertz CT molecular complexity index is 889. The Morgan fingerprint density at radius 2 is 1.95 bits per heavy atom. The van der Waals surface area contributed by atoms with E-state index in [1.807, 2.05) is 0 Å². The number of hydrogen-bond acceptors (Lipinski definition) is 2. The summed E-state index contributed by atoms with van der Waals surface area (Å²) in [6.45, 7) is 2.08. The zero-order valence-corrected chi connectivity index (χ0v) is 12.0. The molecule has 106 valence electrons. The van der Waals surface area contributed by atoms with E-state index in [0.717, 1.165) is 47.9 Å². The minimum Gasteiger partial charge on any atom is -0.305 e. The number of benzene rings is 1. The van der Waals surface area contributed by atoms with Crippen LogP contribution in [0, 0.1) is 6.92 Å². The molecule has 1 aromatic carbocycles. The second kappa shape index (κ2) is 4.58. The number of aryl methyl sites for hydroxylation is 2. The summed E-state index contributed by atoms with van der Waals surface area (Å²) >= 11 is 0. The van der Waals surface area contributed by atoms with Crippen molar-refractivity contribution in [2.45, 2.75) is 32.6 Å². The first-order valence-corrected chi connectivity index (χ1v) is 7.43. The van der Waals surface area contributed by atoms with Crippen molar-refractivity contribution < 1.29 is 0 Å². The summed E-state index contributed by atoms with van der Waals surface area (Å²) in [5.74, 6) is 0. The van der Waals surface area contributed by atoms with Gasteiger partial charge in [-0.05, 0) is 44.2 Å². The molecule has 0 bridgehead atoms. The summed E-state index contributed by atoms with van der Waals surface area (Å²) < 4.78 is 0. The smallest absolute Gasteiger partial charge is 0.253 e. The Morgan fingerprint density at radius 1 is 1.14 bits per heavy atom. The van der Waals surface area contributed by atoms with E-state index < -0.39 is 0 Å². The van der Waals surface area contributed by atoms with E-state index >= 15 is 0 Å². The third kappa shape index (κ3) is 1.90. The minimum absolute atomic E-state index is 0.0273. The van der Waals surface area contributed by atoms with Crippen LogP contribution in [0.1, 0.15) is 29.5 Å². The predicted octanol–water partition coefficient (Wildman–Crippen LogP) is 3.11. The summed E-state index contributed by atoms with van der Waals surface area (Å²) in [6, 6.07) is 8.36. The fourth-order valence-electron chi connectivity index (χ4n) is 3.35. The van der Waals surface area contributed by atoms with Gasteiger partial charge >= 0.3 is 0 Å². The molecule has 0 saturated carbocycles. The molecule has 0 amide bonds. The molecule has 0 fully saturated rings. The first-order chi connectivity index (χ1) is 10.2. The fourth-order valence-corrected chi connectivity index (χ4v) is 3.35. The molecule has 4 nitrogen and oxygen atoms in total. The average Bonchev–Trinajstić information content (AvgIpc) is 2.91. The van der Waals surface area contributed by atoms with Gasteiger partial charge in [0.25, 0.3) is 5.56 Å². The molecular formula is C17H17N3O. The lowest BCUT2D eigenvalue weighted by Gasteiger charge is -2.15. The fraction of sp³-hybridized carbons (Fsp3) is 0.294. The van der Waals surface area contributed by atoms with Crippen molar-refractivity contribution in [2.75, 3.05) is 0 Å². The molecule has 2 aromatic heterocycles. The zero-order valence-electron chi connectivity index (χ0n) is 12.0. The van der Waals surface area contributed by atoms with E-state index in [4.69, 9.17) is 0 Å². The summed E-state index contributed by atoms with van der Waals surface area (Å²) in [4.78, 5) is 15.1. The SMILES string of the molecule is Cc1cccc(-c2[nH]nc3[nH]c(=O)c4c(c23)CCCC4)c1. The van der Waals surface area contributed by atoms with Gasteiger partial charge in [0.15, 0.2) is 5.65 Å². The number of fused-ring (bicyclic) bond motifs is 3. The van der Waals surface area contributed by atoms with Crippen molar-refractivity contribution in [3.63, 3.8) is 0 Å². The summed E-state index contributed by atoms with van der Waals surface area (Å²) in [5, 5.41) is 8.52. The lowest BCUT2D eigenvalue weighted by atomic mass is 9.89. The highest BCUT2D eigenvalue weighted by Gasteiger charge is 2.20. The van der Waals surface area contributed by atoms with Crippen LogP contribution in [0.15, 0.2) is 29.1 Å². The highest BCUT2D eigenvalue weighted by Crippen LogP contribution is 2.32. The molecule has 2 N–H and O–H groups in total. The van der Waals surface area contributed by atoms with Gasteiger partial charge in [0.1, 0.15) is 0 Å². The molecule has 0 unspecified atom stereocenters. The molecule has 0 aliphatic heterocycles. The van der Waals surface area contributed by atoms with Crippen LogP contribution in [0.25, 0.3) is 22.3 Å². The Balaban J connectivity index is 2.05. The number of H-pyrrole nitrogens is 2. The first kappa shape index (κ1) is 12.4. The second-order valence-electron chi connectivity index (χ2n) is 5.81. The third-order valence-electron chi connectivity index (χ3n) is 4.35. The molecule has 1 aliphatic rings. The summed E-state index contributed by atoms with van der Waals surface area (Å²) in [7, 11) is 0. The van der Waals surface area contributed by atoms with Crippen molar-refractivity contribution in [3.05, 3.63) is 51.3 Å². The Labute approximate surface area is 122 Å². The molecule has 0 radical (unpaired) electrons. The van der Waals surface area contributed by atoms with Gasteiger partial charge in [-0.15, -0.1) is 0 Å². The molecule has 0 atom stereocenters. The third-order valence-corrected chi connectivity index (χ3v) is 4.35. The van der Waals surface area contributed by atoms with Gasteiger partial charge in [-0.1, -0.05) is 23.8 Å². The Hall–Kier alpha value is -2.36. The summed E-state index contributed by atoms with van der Waals surface area (Å²) in [5.41, 5.74) is 6.19. The average molecular weight is 279 g/mol. The number of hydrogen-bond donors (Lipinski definition) is 2. The molecule has 0 saturated heterocycles. The monoisotopic (exact) mass is 279 g/mol. The van der Waals surface area contributed by atoms with E-state index in [2.05, 4.69) is 46.4 Å². The van der Waals surface area contributed by atoms with Crippen LogP contribution in [0.4, 0.5) is 0 Å². The molecular weight excluding hydrogens is 262 g/mol. The van der Waals surface area contributed by atoms with Crippen molar-refractivity contribution in [3.8, 4) is 11.3 Å². The number of nitrogens with one attached hydrogen (secondary N) is 2. The summed E-state index contributed by atoms with van der Waals surface area (Å²) in [6.07, 6.45) is 4.08. The zero-order chi connectivity index (χ0) is 14.4. The van der Waals surface area contributed by atoms with E-state index in [-0.39, 0.29) is 5.56 Å². The standard InChI is InChI=1S/C17H17N3O/c1-10-5-4-6-11(9-10)15-14-12-7-2-3-8-13(12)17(21)18-16(14)20-19-15/h4-6,9H,2-3,7-8H2,1H3,(H2,18,19,20,21). The van der Waals surface area contributed by atoms with Gasteiger partial charge in [-0.2, -0.15) is 5.10 Å². The van der Waals surface area contributed by atoms with Crippen molar-refractivity contribution in [1.29, 1.82) is 0 Å². The highest BCUT2D eigenvalue weighted by atomic mass is 16.1. The second-order valence-corrected chi connectivity index (χ2v) is 5.81. The maximum atomic E-state index is 12.2.